The van der Waals surface area contributed by atoms with Crippen molar-refractivity contribution in [2.75, 3.05) is 6.54 Å². The van der Waals surface area contributed by atoms with Crippen LogP contribution in [0.2, 0.25) is 5.15 Å². The highest BCUT2D eigenvalue weighted by Gasteiger charge is 2.64. The van der Waals surface area contributed by atoms with E-state index in [-0.39, 0.29) is 21.9 Å². The number of amides is 1. The van der Waals surface area contributed by atoms with E-state index in [1.807, 2.05) is 0 Å². The molecule has 1 aliphatic carbocycles. The van der Waals surface area contributed by atoms with Crippen molar-refractivity contribution in [2.24, 2.45) is 16.7 Å². The summed E-state index contributed by atoms with van der Waals surface area (Å²) < 4.78 is 0. The van der Waals surface area contributed by atoms with Gasteiger partial charge in [0.2, 0.25) is 0 Å². The molecule has 1 aromatic rings. The molecule has 0 atom stereocenters. The number of nitrogens with zero attached hydrogens (tertiary/aromatic N) is 2. The Bertz CT molecular complexity index is 454. The maximum Gasteiger partial charge on any atom is 0.271 e. The Labute approximate surface area is 112 Å². The normalized spacial score (nSPS) is 20.5. The van der Waals surface area contributed by atoms with Crippen LogP contribution < -0.4 is 5.32 Å². The predicted molar refractivity (Wildman–Crippen MR) is 70.4 cm³/mol. The zero-order valence-corrected chi connectivity index (χ0v) is 11.9. The zero-order chi connectivity index (χ0) is 13.6. The van der Waals surface area contributed by atoms with E-state index in [1.165, 1.54) is 12.4 Å². The molecule has 1 fully saturated rings. The van der Waals surface area contributed by atoms with Gasteiger partial charge in [0.15, 0.2) is 0 Å². The van der Waals surface area contributed by atoms with Crippen LogP contribution in [-0.2, 0) is 0 Å². The van der Waals surface area contributed by atoms with Crippen molar-refractivity contribution in [1.82, 2.24) is 15.3 Å². The smallest absolute Gasteiger partial charge is 0.271 e. The van der Waals surface area contributed by atoms with Crippen LogP contribution in [0.25, 0.3) is 0 Å². The maximum absolute atomic E-state index is 11.9. The molecule has 1 N–H and O–H groups in total. The number of carbonyl (C=O) groups excluding carboxylic acids is 1. The minimum absolute atomic E-state index is 0.197. The Morgan fingerprint density at radius 2 is 1.89 bits per heavy atom. The minimum Gasteiger partial charge on any atom is -0.350 e. The first-order valence-electron chi connectivity index (χ1n) is 6.02. The van der Waals surface area contributed by atoms with Crippen LogP contribution in [0, 0.1) is 16.7 Å². The Balaban J connectivity index is 1.92. The lowest BCUT2D eigenvalue weighted by molar-refractivity contribution is 0.0944. The van der Waals surface area contributed by atoms with Gasteiger partial charge in [0.05, 0.1) is 12.4 Å². The molecule has 1 aliphatic rings. The van der Waals surface area contributed by atoms with Crippen LogP contribution in [0.5, 0.6) is 0 Å². The van der Waals surface area contributed by atoms with E-state index in [9.17, 15) is 4.79 Å². The molecule has 0 spiro atoms. The number of hydrogen-bond donors (Lipinski definition) is 1. The van der Waals surface area contributed by atoms with Crippen LogP contribution in [0.1, 0.15) is 38.2 Å². The summed E-state index contributed by atoms with van der Waals surface area (Å²) in [6.45, 7) is 9.58. The molecular weight excluding hydrogens is 250 g/mol. The molecule has 0 aromatic carbocycles. The van der Waals surface area contributed by atoms with Gasteiger partial charge < -0.3 is 5.32 Å². The van der Waals surface area contributed by atoms with Crippen LogP contribution in [0.3, 0.4) is 0 Å². The summed E-state index contributed by atoms with van der Waals surface area (Å²) in [7, 11) is 0. The topological polar surface area (TPSA) is 54.9 Å². The standard InChI is InChI=1S/C13H18ClN3O/c1-12(2)9(13(12,3)4)6-17-11(18)8-5-16-10(14)7-15-8/h5,7,9H,6H2,1-4H3,(H,17,18). The molecule has 1 amide bonds. The highest BCUT2D eigenvalue weighted by atomic mass is 35.5. The highest BCUT2D eigenvalue weighted by Crippen LogP contribution is 2.67. The van der Waals surface area contributed by atoms with E-state index in [2.05, 4.69) is 43.0 Å². The lowest BCUT2D eigenvalue weighted by Gasteiger charge is -2.05. The van der Waals surface area contributed by atoms with Crippen molar-refractivity contribution < 1.29 is 4.79 Å². The summed E-state index contributed by atoms with van der Waals surface area (Å²) in [4.78, 5) is 19.6. The van der Waals surface area contributed by atoms with E-state index in [0.29, 0.717) is 18.2 Å². The highest BCUT2D eigenvalue weighted by molar-refractivity contribution is 6.29. The fourth-order valence-electron chi connectivity index (χ4n) is 2.56. The molecule has 4 nitrogen and oxygen atoms in total. The molecule has 0 aliphatic heterocycles. The van der Waals surface area contributed by atoms with Gasteiger partial charge in [0.25, 0.3) is 5.91 Å². The Morgan fingerprint density at radius 3 is 2.33 bits per heavy atom. The predicted octanol–water partition coefficient (Wildman–Crippen LogP) is 2.54. The van der Waals surface area contributed by atoms with Gasteiger partial charge in [0.1, 0.15) is 10.8 Å². The number of carbonyl (C=O) groups is 1. The summed E-state index contributed by atoms with van der Waals surface area (Å²) in [5.41, 5.74) is 0.841. The van der Waals surface area contributed by atoms with Crippen LogP contribution >= 0.6 is 11.6 Å². The zero-order valence-electron chi connectivity index (χ0n) is 11.1. The van der Waals surface area contributed by atoms with Crippen LogP contribution in [0.15, 0.2) is 12.4 Å². The number of nitrogens with one attached hydrogen (secondary N) is 1. The summed E-state index contributed by atoms with van der Waals surface area (Å²) in [6, 6.07) is 0. The lowest BCUT2D eigenvalue weighted by atomic mass is 10.0. The van der Waals surface area contributed by atoms with Crippen molar-refractivity contribution in [3.8, 4) is 0 Å². The van der Waals surface area contributed by atoms with Gasteiger partial charge in [-0.1, -0.05) is 39.3 Å². The quantitative estimate of drug-likeness (QED) is 0.916. The maximum atomic E-state index is 11.9. The molecule has 0 saturated heterocycles. The van der Waals surface area contributed by atoms with Crippen molar-refractivity contribution in [2.45, 2.75) is 27.7 Å². The van der Waals surface area contributed by atoms with Crippen molar-refractivity contribution in [3.63, 3.8) is 0 Å². The largest absolute Gasteiger partial charge is 0.350 e. The van der Waals surface area contributed by atoms with Gasteiger partial charge in [-0.2, -0.15) is 0 Å². The SMILES string of the molecule is CC1(C)C(CNC(=O)c2cnc(Cl)cn2)C1(C)C. The van der Waals surface area contributed by atoms with E-state index in [1.54, 1.807) is 0 Å². The first-order valence-corrected chi connectivity index (χ1v) is 6.40. The van der Waals surface area contributed by atoms with E-state index < -0.39 is 0 Å². The Kier molecular flexibility index (Phi) is 3.09. The van der Waals surface area contributed by atoms with E-state index >= 15 is 0 Å². The molecule has 2 rings (SSSR count). The molecule has 1 saturated carbocycles. The molecule has 18 heavy (non-hydrogen) atoms. The van der Waals surface area contributed by atoms with Crippen LogP contribution in [0.4, 0.5) is 0 Å². The van der Waals surface area contributed by atoms with Crippen molar-refractivity contribution >= 4 is 17.5 Å². The first kappa shape index (κ1) is 13.3. The second-order valence-corrected chi connectivity index (χ2v) is 6.32. The molecule has 0 bridgehead atoms. The monoisotopic (exact) mass is 267 g/mol. The van der Waals surface area contributed by atoms with Gasteiger partial charge in [-0.25, -0.2) is 9.97 Å². The van der Waals surface area contributed by atoms with Crippen LogP contribution in [-0.4, -0.2) is 22.4 Å². The van der Waals surface area contributed by atoms with Crippen molar-refractivity contribution in [1.29, 1.82) is 0 Å². The molecule has 0 radical (unpaired) electrons. The number of aromatic nitrogens is 2. The number of halogens is 1. The Hall–Kier alpha value is -1.16. The van der Waals surface area contributed by atoms with Gasteiger partial charge in [-0.05, 0) is 16.7 Å². The second kappa shape index (κ2) is 4.19. The van der Waals surface area contributed by atoms with Gasteiger partial charge in [0, 0.05) is 6.54 Å². The number of hydrogen-bond acceptors (Lipinski definition) is 3. The second-order valence-electron chi connectivity index (χ2n) is 5.93. The van der Waals surface area contributed by atoms with E-state index in [0.717, 1.165) is 0 Å². The summed E-state index contributed by atoms with van der Waals surface area (Å²) >= 11 is 5.62. The van der Waals surface area contributed by atoms with Gasteiger partial charge in [-0.15, -0.1) is 0 Å². The molecule has 5 heteroatoms. The summed E-state index contributed by atoms with van der Waals surface area (Å²) in [5.74, 6) is 0.298. The minimum atomic E-state index is -0.197. The van der Waals surface area contributed by atoms with E-state index in [4.69, 9.17) is 11.6 Å². The summed E-state index contributed by atoms with van der Waals surface area (Å²) in [5, 5.41) is 3.20. The van der Waals surface area contributed by atoms with Gasteiger partial charge >= 0.3 is 0 Å². The first-order chi connectivity index (χ1) is 8.26. The average molecular weight is 268 g/mol. The lowest BCUT2D eigenvalue weighted by Crippen LogP contribution is -2.28. The molecule has 1 heterocycles. The number of rotatable bonds is 3. The fraction of sp³-hybridized carbons (Fsp3) is 0.615. The third-order valence-electron chi connectivity index (χ3n) is 4.64. The van der Waals surface area contributed by atoms with Crippen molar-refractivity contribution in [3.05, 3.63) is 23.2 Å². The molecular formula is C13H18ClN3O. The summed E-state index contributed by atoms with van der Waals surface area (Å²) in [6.07, 6.45) is 2.77. The average Bonchev–Trinajstić information content (AvgIpc) is 2.67. The molecule has 0 unspecified atom stereocenters. The fourth-order valence-corrected chi connectivity index (χ4v) is 2.66. The third-order valence-corrected chi connectivity index (χ3v) is 4.83. The Morgan fingerprint density at radius 1 is 1.28 bits per heavy atom. The molecule has 1 aromatic heterocycles. The van der Waals surface area contributed by atoms with Gasteiger partial charge in [-0.3, -0.25) is 4.79 Å². The molecule has 98 valence electrons. The third kappa shape index (κ3) is 2.09.